The van der Waals surface area contributed by atoms with E-state index in [1.165, 1.54) is 11.1 Å². The molecule has 6 rings (SSSR count). The minimum Gasteiger partial charge on any atom is -0.337 e. The second kappa shape index (κ2) is 8.77. The summed E-state index contributed by atoms with van der Waals surface area (Å²) in [6, 6.07) is 18.0. The summed E-state index contributed by atoms with van der Waals surface area (Å²) < 4.78 is 0. The highest BCUT2D eigenvalue weighted by atomic mass is 16.2. The van der Waals surface area contributed by atoms with Crippen LogP contribution in [0.2, 0.25) is 0 Å². The highest BCUT2D eigenvalue weighted by Gasteiger charge is 2.34. The van der Waals surface area contributed by atoms with Crippen molar-refractivity contribution in [3.05, 3.63) is 99.9 Å². The number of piperidine rings is 1. The molecule has 6 nitrogen and oxygen atoms in total. The van der Waals surface area contributed by atoms with Gasteiger partial charge in [0.05, 0.1) is 18.7 Å². The van der Waals surface area contributed by atoms with E-state index in [9.17, 15) is 9.59 Å². The van der Waals surface area contributed by atoms with E-state index >= 15 is 0 Å². The van der Waals surface area contributed by atoms with Crippen molar-refractivity contribution < 1.29 is 9.59 Å². The second-order valence-electron chi connectivity index (χ2n) is 9.74. The van der Waals surface area contributed by atoms with Crippen LogP contribution in [0, 0.1) is 6.92 Å². The van der Waals surface area contributed by atoms with Gasteiger partial charge in [-0.3, -0.25) is 19.6 Å². The van der Waals surface area contributed by atoms with Crippen LogP contribution in [0.15, 0.2) is 65.8 Å². The first-order valence-electron chi connectivity index (χ1n) is 12.3. The van der Waals surface area contributed by atoms with E-state index in [-0.39, 0.29) is 17.9 Å². The zero-order chi connectivity index (χ0) is 23.9. The third-order valence-electron chi connectivity index (χ3n) is 7.41. The summed E-state index contributed by atoms with van der Waals surface area (Å²) in [5.74, 6) is 0.201. The molecule has 1 atom stereocenters. The lowest BCUT2D eigenvalue weighted by Crippen LogP contribution is -2.52. The third-order valence-corrected chi connectivity index (χ3v) is 7.41. The Labute approximate surface area is 205 Å². The van der Waals surface area contributed by atoms with Gasteiger partial charge in [-0.15, -0.1) is 0 Å². The zero-order valence-corrected chi connectivity index (χ0v) is 19.9. The average Bonchev–Trinajstić information content (AvgIpc) is 3.30. The van der Waals surface area contributed by atoms with Gasteiger partial charge in [-0.05, 0) is 66.8 Å². The molecule has 0 radical (unpaired) electrons. The van der Waals surface area contributed by atoms with E-state index in [0.717, 1.165) is 47.5 Å². The van der Waals surface area contributed by atoms with Gasteiger partial charge >= 0.3 is 0 Å². The van der Waals surface area contributed by atoms with E-state index in [1.54, 1.807) is 0 Å². The van der Waals surface area contributed by atoms with E-state index in [1.807, 2.05) is 59.3 Å². The lowest BCUT2D eigenvalue weighted by Gasteiger charge is -2.41. The van der Waals surface area contributed by atoms with Gasteiger partial charge < -0.3 is 9.80 Å². The molecule has 35 heavy (non-hydrogen) atoms. The Morgan fingerprint density at radius 3 is 2.71 bits per heavy atom. The quantitative estimate of drug-likeness (QED) is 0.590. The Morgan fingerprint density at radius 1 is 1.03 bits per heavy atom. The first kappa shape index (κ1) is 21.7. The number of rotatable bonds is 3. The van der Waals surface area contributed by atoms with Crippen LogP contribution < -0.4 is 0 Å². The van der Waals surface area contributed by atoms with Crippen molar-refractivity contribution in [2.45, 2.75) is 45.3 Å². The molecule has 0 saturated carbocycles. The molecule has 3 aliphatic rings. The van der Waals surface area contributed by atoms with E-state index < -0.39 is 0 Å². The topological polar surface area (TPSA) is 65.9 Å². The predicted molar refractivity (Wildman–Crippen MR) is 134 cm³/mol. The van der Waals surface area contributed by atoms with Crippen LogP contribution in [0.5, 0.6) is 0 Å². The van der Waals surface area contributed by atoms with Gasteiger partial charge in [0.1, 0.15) is 0 Å². The molecular weight excluding hydrogens is 436 g/mol. The van der Waals surface area contributed by atoms with Crippen molar-refractivity contribution in [3.63, 3.8) is 0 Å². The fourth-order valence-electron chi connectivity index (χ4n) is 5.62. The maximum absolute atomic E-state index is 13.2. The van der Waals surface area contributed by atoms with Crippen molar-refractivity contribution >= 4 is 17.5 Å². The molecule has 0 unspecified atom stereocenters. The molecule has 0 spiro atoms. The maximum atomic E-state index is 13.2. The summed E-state index contributed by atoms with van der Waals surface area (Å²) >= 11 is 0. The monoisotopic (exact) mass is 464 g/mol. The summed E-state index contributed by atoms with van der Waals surface area (Å²) in [6.45, 7) is 4.55. The highest BCUT2D eigenvalue weighted by Crippen LogP contribution is 2.32. The number of hydrogen-bond acceptors (Lipinski definition) is 4. The van der Waals surface area contributed by atoms with Crippen LogP contribution >= 0.6 is 0 Å². The molecule has 0 bridgehead atoms. The lowest BCUT2D eigenvalue weighted by molar-refractivity contribution is -0.135. The molecule has 0 aliphatic carbocycles. The number of amides is 2. The number of likely N-dealkylation sites (tertiary alicyclic amines) is 1. The van der Waals surface area contributed by atoms with Crippen LogP contribution in [0.25, 0.3) is 0 Å². The fourth-order valence-corrected chi connectivity index (χ4v) is 5.62. The van der Waals surface area contributed by atoms with Crippen molar-refractivity contribution in [1.29, 1.82) is 0 Å². The number of aromatic nitrogens is 1. The molecule has 3 aromatic rings. The molecule has 1 saturated heterocycles. The third kappa shape index (κ3) is 4.03. The van der Waals surface area contributed by atoms with Crippen LogP contribution in [0.1, 0.15) is 56.7 Å². The maximum Gasteiger partial charge on any atom is 0.253 e. The van der Waals surface area contributed by atoms with Gasteiger partial charge in [-0.1, -0.05) is 24.3 Å². The molecule has 0 N–H and O–H groups in total. The van der Waals surface area contributed by atoms with Crippen LogP contribution in [-0.2, 0) is 24.3 Å². The van der Waals surface area contributed by atoms with Crippen molar-refractivity contribution in [3.8, 4) is 0 Å². The molecule has 1 fully saturated rings. The number of carbonyl (C=O) groups is 2. The minimum atomic E-state index is 0.0429. The molecule has 6 heteroatoms. The summed E-state index contributed by atoms with van der Waals surface area (Å²) in [4.78, 5) is 39.3. The number of fused-ring (bicyclic) bond motifs is 2. The fraction of sp³-hybridized carbons (Fsp3) is 0.310. The van der Waals surface area contributed by atoms with E-state index in [2.05, 4.69) is 23.2 Å². The highest BCUT2D eigenvalue weighted by molar-refractivity contribution is 6.15. The smallest absolute Gasteiger partial charge is 0.253 e. The van der Waals surface area contributed by atoms with Gasteiger partial charge in [0.15, 0.2) is 0 Å². The van der Waals surface area contributed by atoms with Crippen LogP contribution in [-0.4, -0.2) is 51.4 Å². The largest absolute Gasteiger partial charge is 0.337 e. The summed E-state index contributed by atoms with van der Waals surface area (Å²) in [6.07, 6.45) is 4.07. The van der Waals surface area contributed by atoms with Crippen LogP contribution in [0.3, 0.4) is 0 Å². The molecule has 176 valence electrons. The van der Waals surface area contributed by atoms with Gasteiger partial charge in [-0.25, -0.2) is 0 Å². The first-order valence-corrected chi connectivity index (χ1v) is 12.3. The molecule has 3 aliphatic heterocycles. The number of pyridine rings is 1. The van der Waals surface area contributed by atoms with Crippen molar-refractivity contribution in [2.75, 3.05) is 13.1 Å². The predicted octanol–water partition coefficient (Wildman–Crippen LogP) is 3.93. The van der Waals surface area contributed by atoms with Gasteiger partial charge in [-0.2, -0.15) is 0 Å². The molecule has 4 heterocycles. The van der Waals surface area contributed by atoms with Crippen molar-refractivity contribution in [1.82, 2.24) is 14.8 Å². The number of aliphatic imine (C=N–C) groups is 1. The zero-order valence-electron chi connectivity index (χ0n) is 19.9. The Balaban J connectivity index is 1.24. The molecule has 2 amide bonds. The molecular formula is C29H28N4O2. The standard InChI is InChI=1S/C29H28N4O2/c1-19-12-21(9-10-30-19)28-26-14-24-17-33(27(34)15-22(24)13-23(26)16-31-28)25-8-5-11-32(18-25)29(35)20-6-3-2-4-7-20/h2-4,6-7,9-10,12-14,25H,5,8,11,15-18H2,1H3/t25-/m1/s1. The summed E-state index contributed by atoms with van der Waals surface area (Å²) in [5, 5.41) is 0. The number of carbonyl (C=O) groups excluding carboxylic acids is 2. The summed E-state index contributed by atoms with van der Waals surface area (Å²) in [5.41, 5.74) is 8.42. The van der Waals surface area contributed by atoms with Crippen molar-refractivity contribution in [2.24, 2.45) is 4.99 Å². The van der Waals surface area contributed by atoms with Gasteiger partial charge in [0, 0.05) is 54.3 Å². The Hall–Kier alpha value is -3.80. The van der Waals surface area contributed by atoms with Crippen LogP contribution in [0.4, 0.5) is 0 Å². The normalized spacial score (nSPS) is 19.3. The summed E-state index contributed by atoms with van der Waals surface area (Å²) in [7, 11) is 0. The number of aryl methyl sites for hydroxylation is 1. The van der Waals surface area contributed by atoms with Gasteiger partial charge in [0.25, 0.3) is 5.91 Å². The Morgan fingerprint density at radius 2 is 1.89 bits per heavy atom. The molecule has 1 aromatic heterocycles. The first-order chi connectivity index (χ1) is 17.1. The minimum absolute atomic E-state index is 0.0429. The second-order valence-corrected chi connectivity index (χ2v) is 9.74. The number of nitrogens with zero attached hydrogens (tertiary/aromatic N) is 4. The SMILES string of the molecule is Cc1cc(C2=NCc3cc4c(cc32)CN([C@@H]2CCCN(C(=O)c3ccccc3)C2)C(=O)C4)ccn1. The van der Waals surface area contributed by atoms with E-state index in [0.29, 0.717) is 31.6 Å². The van der Waals surface area contributed by atoms with E-state index in [4.69, 9.17) is 4.99 Å². The molecule has 2 aromatic carbocycles. The number of hydrogen-bond donors (Lipinski definition) is 0. The Kier molecular flexibility index (Phi) is 5.44. The average molecular weight is 465 g/mol. The number of benzene rings is 2. The Bertz CT molecular complexity index is 1350. The lowest BCUT2D eigenvalue weighted by atomic mass is 9.90. The van der Waals surface area contributed by atoms with Gasteiger partial charge in [0.2, 0.25) is 5.91 Å².